The smallest absolute Gasteiger partial charge is 0.0541 e. The minimum atomic E-state index is -0.0349. The highest BCUT2D eigenvalue weighted by atomic mass is 15.0. The van der Waals surface area contributed by atoms with Crippen LogP contribution in [0.25, 0.3) is 38.6 Å². The molecule has 7 aromatic rings. The van der Waals surface area contributed by atoms with Crippen LogP contribution in [0.5, 0.6) is 0 Å². The fraction of sp³-hybridized carbons (Fsp3) is 0.122. The van der Waals surface area contributed by atoms with E-state index in [1.807, 2.05) is 0 Å². The van der Waals surface area contributed by atoms with Crippen LogP contribution in [-0.2, 0) is 5.41 Å². The van der Waals surface area contributed by atoms with E-state index in [9.17, 15) is 0 Å². The third kappa shape index (κ3) is 3.70. The van der Waals surface area contributed by atoms with E-state index in [1.165, 1.54) is 72.0 Å². The molecule has 1 heterocycles. The molecule has 0 saturated heterocycles. The van der Waals surface area contributed by atoms with Crippen LogP contribution in [-0.4, -0.2) is 4.57 Å². The van der Waals surface area contributed by atoms with Gasteiger partial charge in [-0.1, -0.05) is 129 Å². The fourth-order valence-electron chi connectivity index (χ4n) is 7.26. The molecule has 1 nitrogen and oxygen atoms in total. The minimum absolute atomic E-state index is 0.0349. The van der Waals surface area contributed by atoms with Crippen molar-refractivity contribution in [1.82, 2.24) is 4.57 Å². The first kappa shape index (κ1) is 24.9. The molecule has 6 aromatic carbocycles. The molecule has 0 spiro atoms. The van der Waals surface area contributed by atoms with Gasteiger partial charge in [0.2, 0.25) is 0 Å². The molecular weight excluding hydrogens is 506 g/mol. The maximum atomic E-state index is 2.48. The number of aryl methyl sites for hydroxylation is 1. The largest absolute Gasteiger partial charge is 0.309 e. The summed E-state index contributed by atoms with van der Waals surface area (Å²) in [6.07, 6.45) is 0. The zero-order chi connectivity index (χ0) is 28.4. The summed E-state index contributed by atoms with van der Waals surface area (Å²) in [5.74, 6) is 0.124. The van der Waals surface area contributed by atoms with Gasteiger partial charge in [0.05, 0.1) is 11.0 Å². The van der Waals surface area contributed by atoms with Gasteiger partial charge in [-0.3, -0.25) is 0 Å². The van der Waals surface area contributed by atoms with Gasteiger partial charge in [0.1, 0.15) is 0 Å². The third-order valence-electron chi connectivity index (χ3n) is 9.40. The van der Waals surface area contributed by atoms with Crippen molar-refractivity contribution in [3.05, 3.63) is 173 Å². The van der Waals surface area contributed by atoms with Gasteiger partial charge in [0, 0.05) is 27.8 Å². The monoisotopic (exact) mass is 539 g/mol. The van der Waals surface area contributed by atoms with Gasteiger partial charge in [0.15, 0.2) is 0 Å². The van der Waals surface area contributed by atoms with Crippen LogP contribution >= 0.6 is 0 Å². The molecule has 202 valence electrons. The van der Waals surface area contributed by atoms with Crippen molar-refractivity contribution >= 4 is 21.8 Å². The lowest BCUT2D eigenvalue weighted by molar-refractivity contribution is 0.659. The Kier molecular flexibility index (Phi) is 5.52. The quantitative estimate of drug-likeness (QED) is 0.196. The predicted octanol–water partition coefficient (Wildman–Crippen LogP) is 10.6. The third-order valence-corrected chi connectivity index (χ3v) is 9.40. The molecule has 1 atom stereocenters. The Balaban J connectivity index is 1.35. The van der Waals surface area contributed by atoms with Gasteiger partial charge >= 0.3 is 0 Å². The topological polar surface area (TPSA) is 4.93 Å². The van der Waals surface area contributed by atoms with Gasteiger partial charge < -0.3 is 4.57 Å². The molecule has 1 aliphatic rings. The van der Waals surface area contributed by atoms with E-state index >= 15 is 0 Å². The Morgan fingerprint density at radius 1 is 0.500 bits per heavy atom. The number of rotatable bonds is 4. The number of hydrogen-bond acceptors (Lipinski definition) is 0. The van der Waals surface area contributed by atoms with E-state index in [-0.39, 0.29) is 11.3 Å². The van der Waals surface area contributed by atoms with Crippen molar-refractivity contribution in [2.45, 2.75) is 32.1 Å². The summed E-state index contributed by atoms with van der Waals surface area (Å²) in [5.41, 5.74) is 14.4. The lowest BCUT2D eigenvalue weighted by Gasteiger charge is -2.25. The maximum Gasteiger partial charge on any atom is 0.0541 e. The molecule has 0 radical (unpaired) electrons. The van der Waals surface area contributed by atoms with Crippen LogP contribution in [0.3, 0.4) is 0 Å². The van der Waals surface area contributed by atoms with Crippen LogP contribution in [0.2, 0.25) is 0 Å². The average Bonchev–Trinajstić information content (AvgIpc) is 3.47. The first-order valence-electron chi connectivity index (χ1n) is 14.9. The number of para-hydroxylation sites is 2. The second kappa shape index (κ2) is 9.33. The van der Waals surface area contributed by atoms with E-state index in [2.05, 4.69) is 165 Å². The summed E-state index contributed by atoms with van der Waals surface area (Å²) in [6.45, 7) is 6.90. The van der Waals surface area contributed by atoms with Gasteiger partial charge in [-0.05, 0) is 76.2 Å². The maximum absolute atomic E-state index is 2.48. The highest BCUT2D eigenvalue weighted by molar-refractivity contribution is 6.09. The summed E-state index contributed by atoms with van der Waals surface area (Å²) in [7, 11) is 0. The molecule has 0 saturated carbocycles. The average molecular weight is 540 g/mol. The summed E-state index contributed by atoms with van der Waals surface area (Å²) in [4.78, 5) is 0. The molecule has 0 amide bonds. The van der Waals surface area contributed by atoms with E-state index < -0.39 is 0 Å². The van der Waals surface area contributed by atoms with Crippen molar-refractivity contribution in [2.24, 2.45) is 0 Å². The van der Waals surface area contributed by atoms with E-state index in [4.69, 9.17) is 0 Å². The van der Waals surface area contributed by atoms with E-state index in [0.29, 0.717) is 0 Å². The molecule has 1 aromatic heterocycles. The summed E-state index contributed by atoms with van der Waals surface area (Å²) >= 11 is 0. The van der Waals surface area contributed by atoms with Crippen LogP contribution in [0, 0.1) is 6.92 Å². The second-order valence-corrected chi connectivity index (χ2v) is 12.3. The molecular formula is C41H33N. The minimum Gasteiger partial charge on any atom is -0.309 e. The van der Waals surface area contributed by atoms with Crippen molar-refractivity contribution in [3.8, 4) is 16.8 Å². The Labute approximate surface area is 247 Å². The van der Waals surface area contributed by atoms with Crippen molar-refractivity contribution in [1.29, 1.82) is 0 Å². The zero-order valence-corrected chi connectivity index (χ0v) is 24.3. The number of fused-ring (bicyclic) bond motifs is 6. The lowest BCUT2D eigenvalue weighted by atomic mass is 9.79. The van der Waals surface area contributed by atoms with Crippen LogP contribution in [0.1, 0.15) is 53.1 Å². The number of aromatic nitrogens is 1. The highest BCUT2D eigenvalue weighted by Crippen LogP contribution is 2.50. The predicted molar refractivity (Wildman–Crippen MR) is 177 cm³/mol. The molecule has 1 unspecified atom stereocenters. The van der Waals surface area contributed by atoms with Crippen LogP contribution in [0.15, 0.2) is 140 Å². The molecule has 0 bridgehead atoms. The first-order valence-corrected chi connectivity index (χ1v) is 14.9. The van der Waals surface area contributed by atoms with E-state index in [0.717, 1.165) is 0 Å². The molecule has 0 aliphatic heterocycles. The molecule has 1 heteroatoms. The van der Waals surface area contributed by atoms with Gasteiger partial charge in [0.25, 0.3) is 0 Å². The number of nitrogens with zero attached hydrogens (tertiary/aromatic N) is 1. The Morgan fingerprint density at radius 3 is 1.95 bits per heavy atom. The zero-order valence-electron chi connectivity index (χ0n) is 24.3. The Morgan fingerprint density at radius 2 is 1.12 bits per heavy atom. The molecule has 0 fully saturated rings. The molecule has 0 N–H and O–H groups in total. The highest BCUT2D eigenvalue weighted by Gasteiger charge is 2.36. The van der Waals surface area contributed by atoms with Gasteiger partial charge in [-0.15, -0.1) is 0 Å². The molecule has 42 heavy (non-hydrogen) atoms. The fourth-order valence-corrected chi connectivity index (χ4v) is 7.26. The number of benzene rings is 6. The summed E-state index contributed by atoms with van der Waals surface area (Å²) in [6, 6.07) is 51.8. The van der Waals surface area contributed by atoms with Crippen molar-refractivity contribution < 1.29 is 0 Å². The number of hydrogen-bond donors (Lipinski definition) is 0. The van der Waals surface area contributed by atoms with Gasteiger partial charge in [-0.25, -0.2) is 0 Å². The summed E-state index contributed by atoms with van der Waals surface area (Å²) in [5, 5.41) is 2.57. The van der Waals surface area contributed by atoms with Crippen molar-refractivity contribution in [2.75, 3.05) is 0 Å². The van der Waals surface area contributed by atoms with E-state index in [1.54, 1.807) is 0 Å². The Bertz CT molecular complexity index is 2110. The Hall–Kier alpha value is -4.88. The first-order chi connectivity index (χ1) is 20.5. The van der Waals surface area contributed by atoms with Crippen molar-refractivity contribution in [3.63, 3.8) is 0 Å². The molecule has 8 rings (SSSR count). The van der Waals surface area contributed by atoms with Gasteiger partial charge in [-0.2, -0.15) is 0 Å². The van der Waals surface area contributed by atoms with Crippen LogP contribution in [0.4, 0.5) is 0 Å². The lowest BCUT2D eigenvalue weighted by Crippen LogP contribution is -2.15. The van der Waals surface area contributed by atoms with Crippen LogP contribution < -0.4 is 0 Å². The molecule has 1 aliphatic carbocycles. The normalized spacial score (nSPS) is 14.2. The summed E-state index contributed by atoms with van der Waals surface area (Å²) < 4.78 is 2.39. The SMILES string of the molecule is Cc1ccc(C(c2ccc3c(c2)C(C)(C)c2ccccc2-3)c2ccc3c(c2)c2ccccc2n3-c2ccccc2)cc1. The second-order valence-electron chi connectivity index (χ2n) is 12.3. The standard InChI is InChI=1S/C41H33N/c1-27-17-19-28(20-18-27)40(30-21-23-33-32-13-7-9-15-36(32)41(2,3)37(33)26-30)29-22-24-39-35(25-29)34-14-8-10-16-38(34)42(39)31-11-5-4-6-12-31/h4-26,40H,1-3H3.